The Morgan fingerprint density at radius 1 is 0.944 bits per heavy atom. The van der Waals surface area contributed by atoms with E-state index in [9.17, 15) is 4.39 Å². The SMILES string of the molecule is CC.NCCc1cccc(-c2ccc(F)cc2)c1. The van der Waals surface area contributed by atoms with E-state index in [1.807, 2.05) is 26.0 Å². The fraction of sp³-hybridized carbons (Fsp3) is 0.250. The third kappa shape index (κ3) is 3.97. The topological polar surface area (TPSA) is 26.0 Å². The molecule has 0 aromatic heterocycles. The molecule has 2 aromatic rings. The monoisotopic (exact) mass is 245 g/mol. The largest absolute Gasteiger partial charge is 0.330 e. The Labute approximate surface area is 108 Å². The Morgan fingerprint density at radius 3 is 2.22 bits per heavy atom. The van der Waals surface area contributed by atoms with Crippen molar-refractivity contribution >= 4 is 0 Å². The maximum absolute atomic E-state index is 12.8. The number of nitrogens with two attached hydrogens (primary N) is 1. The molecule has 0 unspecified atom stereocenters. The van der Waals surface area contributed by atoms with Gasteiger partial charge in [-0.2, -0.15) is 0 Å². The molecular formula is C16H20FN. The Kier molecular flexibility index (Phi) is 6.09. The number of hydrogen-bond donors (Lipinski definition) is 1. The van der Waals surface area contributed by atoms with Crippen LogP contribution in [0.25, 0.3) is 11.1 Å². The molecule has 0 spiro atoms. The molecule has 2 N–H and O–H groups in total. The number of halogens is 1. The molecule has 0 aliphatic rings. The quantitative estimate of drug-likeness (QED) is 0.868. The van der Waals surface area contributed by atoms with E-state index in [4.69, 9.17) is 5.73 Å². The Hall–Kier alpha value is -1.67. The van der Waals surface area contributed by atoms with E-state index in [-0.39, 0.29) is 5.82 Å². The zero-order chi connectivity index (χ0) is 13.4. The summed E-state index contributed by atoms with van der Waals surface area (Å²) in [7, 11) is 0. The average molecular weight is 245 g/mol. The third-order valence-corrected chi connectivity index (χ3v) is 2.54. The third-order valence-electron chi connectivity index (χ3n) is 2.54. The van der Waals surface area contributed by atoms with Crippen molar-refractivity contribution in [2.24, 2.45) is 5.73 Å². The number of rotatable bonds is 3. The molecule has 0 aliphatic carbocycles. The summed E-state index contributed by atoms with van der Waals surface area (Å²) in [6.07, 6.45) is 0.870. The highest BCUT2D eigenvalue weighted by Crippen LogP contribution is 2.20. The van der Waals surface area contributed by atoms with Crippen molar-refractivity contribution in [2.45, 2.75) is 20.3 Å². The van der Waals surface area contributed by atoms with Crippen LogP contribution in [0.1, 0.15) is 19.4 Å². The van der Waals surface area contributed by atoms with Gasteiger partial charge >= 0.3 is 0 Å². The zero-order valence-electron chi connectivity index (χ0n) is 11.0. The van der Waals surface area contributed by atoms with Crippen LogP contribution >= 0.6 is 0 Å². The maximum atomic E-state index is 12.8. The normalized spacial score (nSPS) is 9.56. The molecule has 2 rings (SSSR count). The first-order valence-electron chi connectivity index (χ1n) is 6.34. The molecule has 0 atom stereocenters. The molecule has 2 heteroatoms. The molecule has 1 nitrogen and oxygen atoms in total. The minimum atomic E-state index is -0.207. The van der Waals surface area contributed by atoms with Gasteiger partial charge in [0.25, 0.3) is 0 Å². The smallest absolute Gasteiger partial charge is 0.123 e. The van der Waals surface area contributed by atoms with Gasteiger partial charge in [0.15, 0.2) is 0 Å². The van der Waals surface area contributed by atoms with Crippen molar-refractivity contribution in [2.75, 3.05) is 6.54 Å². The molecule has 18 heavy (non-hydrogen) atoms. The fourth-order valence-corrected chi connectivity index (χ4v) is 1.72. The van der Waals surface area contributed by atoms with Gasteiger partial charge in [-0.25, -0.2) is 4.39 Å². The van der Waals surface area contributed by atoms with Crippen LogP contribution in [-0.2, 0) is 6.42 Å². The van der Waals surface area contributed by atoms with Gasteiger partial charge in [0, 0.05) is 0 Å². The Morgan fingerprint density at radius 2 is 1.61 bits per heavy atom. The lowest BCUT2D eigenvalue weighted by atomic mass is 10.0. The summed E-state index contributed by atoms with van der Waals surface area (Å²) in [6, 6.07) is 14.7. The van der Waals surface area contributed by atoms with Gasteiger partial charge in [0.2, 0.25) is 0 Å². The van der Waals surface area contributed by atoms with Crippen molar-refractivity contribution in [3.63, 3.8) is 0 Å². The van der Waals surface area contributed by atoms with E-state index in [1.165, 1.54) is 17.7 Å². The fourth-order valence-electron chi connectivity index (χ4n) is 1.72. The van der Waals surface area contributed by atoms with Gasteiger partial charge in [-0.3, -0.25) is 0 Å². The van der Waals surface area contributed by atoms with Crippen molar-refractivity contribution in [3.8, 4) is 11.1 Å². The molecule has 0 radical (unpaired) electrons. The van der Waals surface area contributed by atoms with E-state index < -0.39 is 0 Å². The summed E-state index contributed by atoms with van der Waals surface area (Å²) >= 11 is 0. The second-order valence-electron chi connectivity index (χ2n) is 3.75. The second kappa shape index (κ2) is 7.62. The van der Waals surface area contributed by atoms with Crippen LogP contribution in [0.15, 0.2) is 48.5 Å². The predicted octanol–water partition coefficient (Wildman–Crippen LogP) is 4.02. The van der Waals surface area contributed by atoms with Crippen molar-refractivity contribution in [1.29, 1.82) is 0 Å². The van der Waals surface area contributed by atoms with Gasteiger partial charge in [-0.05, 0) is 41.8 Å². The summed E-state index contributed by atoms with van der Waals surface area (Å²) in [4.78, 5) is 0. The van der Waals surface area contributed by atoms with E-state index in [2.05, 4.69) is 12.1 Å². The van der Waals surface area contributed by atoms with Crippen molar-refractivity contribution in [3.05, 3.63) is 59.9 Å². The second-order valence-corrected chi connectivity index (χ2v) is 3.75. The standard InChI is InChI=1S/C14H14FN.C2H6/c15-14-6-4-12(5-7-14)13-3-1-2-11(10-13)8-9-16;1-2/h1-7,10H,8-9,16H2;1-2H3. The molecule has 2 aromatic carbocycles. The van der Waals surface area contributed by atoms with Gasteiger partial charge in [0.05, 0.1) is 0 Å². The lowest BCUT2D eigenvalue weighted by Crippen LogP contribution is -2.02. The van der Waals surface area contributed by atoms with Gasteiger partial charge < -0.3 is 5.73 Å². The van der Waals surface area contributed by atoms with Crippen molar-refractivity contribution < 1.29 is 4.39 Å². The molecule has 0 fully saturated rings. The van der Waals surface area contributed by atoms with Gasteiger partial charge in [-0.15, -0.1) is 0 Å². The first-order chi connectivity index (χ1) is 8.79. The van der Waals surface area contributed by atoms with E-state index >= 15 is 0 Å². The highest BCUT2D eigenvalue weighted by molar-refractivity contribution is 5.64. The summed E-state index contributed by atoms with van der Waals surface area (Å²) in [6.45, 7) is 4.65. The molecule has 0 saturated heterocycles. The van der Waals surface area contributed by atoms with Crippen LogP contribution in [0.5, 0.6) is 0 Å². The molecule has 0 heterocycles. The molecular weight excluding hydrogens is 225 g/mol. The minimum absolute atomic E-state index is 0.207. The van der Waals surface area contributed by atoms with E-state index in [0.717, 1.165) is 17.5 Å². The molecule has 0 amide bonds. The zero-order valence-corrected chi connectivity index (χ0v) is 11.0. The molecule has 0 saturated carbocycles. The van der Waals surface area contributed by atoms with Crippen LogP contribution < -0.4 is 5.73 Å². The predicted molar refractivity (Wildman–Crippen MR) is 75.9 cm³/mol. The van der Waals surface area contributed by atoms with Gasteiger partial charge in [-0.1, -0.05) is 50.2 Å². The Bertz CT molecular complexity index is 463. The van der Waals surface area contributed by atoms with Gasteiger partial charge in [0.1, 0.15) is 5.82 Å². The molecule has 96 valence electrons. The average Bonchev–Trinajstić information content (AvgIpc) is 2.43. The highest BCUT2D eigenvalue weighted by Gasteiger charge is 1.99. The Balaban J connectivity index is 0.000000771. The first-order valence-corrected chi connectivity index (χ1v) is 6.34. The maximum Gasteiger partial charge on any atom is 0.123 e. The molecule has 0 aliphatic heterocycles. The van der Waals surface area contributed by atoms with Crippen LogP contribution in [0.4, 0.5) is 4.39 Å². The summed E-state index contributed by atoms with van der Waals surface area (Å²) < 4.78 is 12.8. The van der Waals surface area contributed by atoms with Crippen LogP contribution in [0.2, 0.25) is 0 Å². The minimum Gasteiger partial charge on any atom is -0.330 e. The number of hydrogen-bond acceptors (Lipinski definition) is 1. The van der Waals surface area contributed by atoms with E-state index in [0.29, 0.717) is 6.54 Å². The van der Waals surface area contributed by atoms with Crippen molar-refractivity contribution in [1.82, 2.24) is 0 Å². The van der Waals surface area contributed by atoms with Crippen LogP contribution in [0, 0.1) is 5.82 Å². The summed E-state index contributed by atoms with van der Waals surface area (Å²) in [5, 5.41) is 0. The molecule has 0 bridgehead atoms. The lowest BCUT2D eigenvalue weighted by Gasteiger charge is -2.04. The van der Waals surface area contributed by atoms with Crippen LogP contribution in [-0.4, -0.2) is 6.54 Å². The summed E-state index contributed by atoms with van der Waals surface area (Å²) in [5.74, 6) is -0.207. The first kappa shape index (κ1) is 14.4. The van der Waals surface area contributed by atoms with E-state index in [1.54, 1.807) is 12.1 Å². The highest BCUT2D eigenvalue weighted by atomic mass is 19.1. The van der Waals surface area contributed by atoms with Crippen LogP contribution in [0.3, 0.4) is 0 Å². The number of benzene rings is 2. The summed E-state index contributed by atoms with van der Waals surface area (Å²) in [5.41, 5.74) is 8.86. The lowest BCUT2D eigenvalue weighted by molar-refractivity contribution is 0.628.